The maximum Gasteiger partial charge on any atom is 0.317 e. The van der Waals surface area contributed by atoms with E-state index in [4.69, 9.17) is 0 Å². The third-order valence-corrected chi connectivity index (χ3v) is 6.09. The Morgan fingerprint density at radius 1 is 1.17 bits per heavy atom. The lowest BCUT2D eigenvalue weighted by Gasteiger charge is -2.36. The third-order valence-electron chi connectivity index (χ3n) is 4.32. The quantitative estimate of drug-likeness (QED) is 0.866. The van der Waals surface area contributed by atoms with Crippen molar-refractivity contribution < 1.29 is 17.6 Å². The number of halogens is 1. The lowest BCUT2D eigenvalue weighted by atomic mass is 10.2. The fourth-order valence-corrected chi connectivity index (χ4v) is 4.71. The average molecular weight is 341 g/mol. The van der Waals surface area contributed by atoms with Crippen LogP contribution < -0.4 is 10.2 Å². The molecule has 2 heterocycles. The minimum Gasteiger partial charge on any atom is -0.366 e. The number of nitrogens with one attached hydrogen (secondary N) is 1. The van der Waals surface area contributed by atoms with Crippen molar-refractivity contribution >= 4 is 21.6 Å². The number of urea groups is 1. The second kappa shape index (κ2) is 6.35. The fraction of sp³-hybridized carbons (Fsp3) is 0.533. The zero-order chi connectivity index (χ0) is 16.4. The van der Waals surface area contributed by atoms with Gasteiger partial charge in [-0.3, -0.25) is 0 Å². The number of carbonyl (C=O) groups is 1. The number of piperazine rings is 1. The van der Waals surface area contributed by atoms with Crippen LogP contribution >= 0.6 is 0 Å². The van der Waals surface area contributed by atoms with E-state index in [1.165, 1.54) is 6.07 Å². The van der Waals surface area contributed by atoms with Gasteiger partial charge in [0, 0.05) is 32.2 Å². The number of hydrogen-bond acceptors (Lipinski definition) is 4. The van der Waals surface area contributed by atoms with Gasteiger partial charge >= 0.3 is 6.03 Å². The maximum absolute atomic E-state index is 13.8. The zero-order valence-electron chi connectivity index (χ0n) is 12.7. The van der Waals surface area contributed by atoms with Crippen molar-refractivity contribution in [3.8, 4) is 0 Å². The van der Waals surface area contributed by atoms with Crippen LogP contribution in [-0.2, 0) is 9.84 Å². The standard InChI is InChI=1S/C15H20FN3O3S/c16-13-3-1-2-4-14(13)18-6-8-19(9-7-18)15(20)17-12-5-10-23(21,22)11-12/h1-4,12H,5-11H2,(H,17,20). The Balaban J connectivity index is 1.53. The summed E-state index contributed by atoms with van der Waals surface area (Å²) in [5, 5.41) is 2.79. The molecule has 6 nitrogen and oxygen atoms in total. The van der Waals surface area contributed by atoms with E-state index in [2.05, 4.69) is 5.32 Å². The Hall–Kier alpha value is -1.83. The van der Waals surface area contributed by atoms with Gasteiger partial charge in [-0.05, 0) is 18.6 Å². The molecule has 2 fully saturated rings. The SMILES string of the molecule is O=C(NC1CCS(=O)(=O)C1)N1CCN(c2ccccc2F)CC1. The summed E-state index contributed by atoms with van der Waals surface area (Å²) in [6, 6.07) is 6.07. The fourth-order valence-electron chi connectivity index (χ4n) is 3.03. The molecule has 126 valence electrons. The Labute approximate surface area is 135 Å². The van der Waals surface area contributed by atoms with E-state index in [1.54, 1.807) is 23.1 Å². The molecule has 0 radical (unpaired) electrons. The van der Waals surface area contributed by atoms with Gasteiger partial charge in [0.2, 0.25) is 0 Å². The molecule has 2 amide bonds. The van der Waals surface area contributed by atoms with Gasteiger partial charge in [0.05, 0.1) is 17.2 Å². The Bertz CT molecular complexity index is 687. The molecule has 0 saturated carbocycles. The van der Waals surface area contributed by atoms with E-state index in [1.807, 2.05) is 4.90 Å². The molecule has 1 N–H and O–H groups in total. The normalized spacial score (nSPS) is 23.8. The molecule has 2 aliphatic heterocycles. The van der Waals surface area contributed by atoms with Crippen LogP contribution in [0.25, 0.3) is 0 Å². The first kappa shape index (κ1) is 16.0. The number of rotatable bonds is 2. The maximum atomic E-state index is 13.8. The highest BCUT2D eigenvalue weighted by Gasteiger charge is 2.31. The van der Waals surface area contributed by atoms with Gasteiger partial charge in [0.1, 0.15) is 5.82 Å². The molecule has 0 spiro atoms. The highest BCUT2D eigenvalue weighted by atomic mass is 32.2. The molecule has 2 saturated heterocycles. The molecule has 1 atom stereocenters. The van der Waals surface area contributed by atoms with Gasteiger partial charge in [-0.1, -0.05) is 12.1 Å². The summed E-state index contributed by atoms with van der Waals surface area (Å²) < 4.78 is 36.6. The van der Waals surface area contributed by atoms with Crippen molar-refractivity contribution in [3.63, 3.8) is 0 Å². The highest BCUT2D eigenvalue weighted by molar-refractivity contribution is 7.91. The summed E-state index contributed by atoms with van der Waals surface area (Å²) in [6.45, 7) is 2.08. The Morgan fingerprint density at radius 2 is 1.87 bits per heavy atom. The molecular formula is C15H20FN3O3S. The lowest BCUT2D eigenvalue weighted by Crippen LogP contribution is -2.53. The smallest absolute Gasteiger partial charge is 0.317 e. The van der Waals surface area contributed by atoms with Crippen LogP contribution in [0, 0.1) is 5.82 Å². The summed E-state index contributed by atoms with van der Waals surface area (Å²) in [6.07, 6.45) is 0.475. The molecule has 0 aromatic heterocycles. The number of hydrogen-bond donors (Lipinski definition) is 1. The van der Waals surface area contributed by atoms with Crippen molar-refractivity contribution in [1.29, 1.82) is 0 Å². The van der Waals surface area contributed by atoms with Crippen LogP contribution in [0.5, 0.6) is 0 Å². The summed E-state index contributed by atoms with van der Waals surface area (Å²) in [5.74, 6) is -0.103. The van der Waals surface area contributed by atoms with Crippen molar-refractivity contribution in [1.82, 2.24) is 10.2 Å². The van der Waals surface area contributed by atoms with Crippen molar-refractivity contribution in [2.45, 2.75) is 12.5 Å². The minimum atomic E-state index is -3.00. The monoisotopic (exact) mass is 341 g/mol. The predicted molar refractivity (Wildman–Crippen MR) is 85.8 cm³/mol. The Kier molecular flexibility index (Phi) is 4.43. The molecular weight excluding hydrogens is 321 g/mol. The number of para-hydroxylation sites is 1. The molecule has 2 aliphatic rings. The van der Waals surface area contributed by atoms with Gasteiger partial charge < -0.3 is 15.1 Å². The van der Waals surface area contributed by atoms with Crippen molar-refractivity contribution in [2.24, 2.45) is 0 Å². The van der Waals surface area contributed by atoms with Gasteiger partial charge in [-0.25, -0.2) is 17.6 Å². The first-order valence-corrected chi connectivity index (χ1v) is 9.52. The van der Waals surface area contributed by atoms with Crippen molar-refractivity contribution in [2.75, 3.05) is 42.6 Å². The van der Waals surface area contributed by atoms with Crippen LogP contribution in [0.1, 0.15) is 6.42 Å². The van der Waals surface area contributed by atoms with E-state index in [0.717, 1.165) is 0 Å². The second-order valence-electron chi connectivity index (χ2n) is 5.97. The first-order valence-electron chi connectivity index (χ1n) is 7.70. The van der Waals surface area contributed by atoms with Crippen LogP contribution in [0.15, 0.2) is 24.3 Å². The van der Waals surface area contributed by atoms with Gasteiger partial charge in [-0.15, -0.1) is 0 Å². The van der Waals surface area contributed by atoms with E-state index >= 15 is 0 Å². The largest absolute Gasteiger partial charge is 0.366 e. The number of anilines is 1. The van der Waals surface area contributed by atoms with E-state index in [-0.39, 0.29) is 29.4 Å². The summed E-state index contributed by atoms with van der Waals surface area (Å²) in [5.41, 5.74) is 0.550. The molecule has 3 rings (SSSR count). The molecule has 23 heavy (non-hydrogen) atoms. The van der Waals surface area contributed by atoms with E-state index in [0.29, 0.717) is 38.3 Å². The topological polar surface area (TPSA) is 69.7 Å². The highest BCUT2D eigenvalue weighted by Crippen LogP contribution is 2.20. The second-order valence-corrected chi connectivity index (χ2v) is 8.20. The van der Waals surface area contributed by atoms with Crippen molar-refractivity contribution in [3.05, 3.63) is 30.1 Å². The summed E-state index contributed by atoms with van der Waals surface area (Å²) >= 11 is 0. The number of nitrogens with zero attached hydrogens (tertiary/aromatic N) is 2. The molecule has 1 aromatic carbocycles. The van der Waals surface area contributed by atoms with Crippen LogP contribution in [-0.4, -0.2) is 63.1 Å². The molecule has 0 bridgehead atoms. The summed E-state index contributed by atoms with van der Waals surface area (Å²) in [7, 11) is -3.00. The first-order chi connectivity index (χ1) is 10.9. The van der Waals surface area contributed by atoms with Gasteiger partial charge in [0.25, 0.3) is 0 Å². The van der Waals surface area contributed by atoms with Crippen LogP contribution in [0.2, 0.25) is 0 Å². The summed E-state index contributed by atoms with van der Waals surface area (Å²) in [4.78, 5) is 15.8. The lowest BCUT2D eigenvalue weighted by molar-refractivity contribution is 0.191. The molecule has 1 aromatic rings. The molecule has 0 aliphatic carbocycles. The third kappa shape index (κ3) is 3.74. The average Bonchev–Trinajstić information content (AvgIpc) is 2.87. The van der Waals surface area contributed by atoms with E-state index < -0.39 is 9.84 Å². The van der Waals surface area contributed by atoms with E-state index in [9.17, 15) is 17.6 Å². The molecule has 1 unspecified atom stereocenters. The predicted octanol–water partition coefficient (Wildman–Crippen LogP) is 0.844. The minimum absolute atomic E-state index is 0.0218. The molecule has 8 heteroatoms. The Morgan fingerprint density at radius 3 is 2.48 bits per heavy atom. The zero-order valence-corrected chi connectivity index (χ0v) is 13.6. The van der Waals surface area contributed by atoms with Crippen LogP contribution in [0.4, 0.5) is 14.9 Å². The number of carbonyl (C=O) groups excluding carboxylic acids is 1. The number of benzene rings is 1. The van der Waals surface area contributed by atoms with Gasteiger partial charge in [-0.2, -0.15) is 0 Å². The number of amides is 2. The van der Waals surface area contributed by atoms with Gasteiger partial charge in [0.15, 0.2) is 9.84 Å². The number of sulfone groups is 1. The van der Waals surface area contributed by atoms with Crippen LogP contribution in [0.3, 0.4) is 0 Å².